The SMILES string of the molecule is CCC(C)N(CC)C1CCCC(C#N)(NC(C)C)C1. The van der Waals surface area contributed by atoms with Crippen molar-refractivity contribution in [2.45, 2.75) is 90.4 Å². The molecule has 0 saturated heterocycles. The number of nitriles is 1. The fraction of sp³-hybridized carbons (Fsp3) is 0.938. The van der Waals surface area contributed by atoms with E-state index in [2.05, 4.69) is 50.9 Å². The van der Waals surface area contributed by atoms with Gasteiger partial charge in [-0.1, -0.05) is 13.8 Å². The van der Waals surface area contributed by atoms with E-state index in [1.165, 1.54) is 12.8 Å². The zero-order valence-electron chi connectivity index (χ0n) is 13.4. The van der Waals surface area contributed by atoms with Gasteiger partial charge in [0.1, 0.15) is 5.54 Å². The topological polar surface area (TPSA) is 39.1 Å². The largest absolute Gasteiger partial charge is 0.298 e. The maximum atomic E-state index is 9.63. The molecule has 3 nitrogen and oxygen atoms in total. The zero-order valence-corrected chi connectivity index (χ0v) is 13.4. The maximum absolute atomic E-state index is 9.63. The van der Waals surface area contributed by atoms with Crippen molar-refractivity contribution >= 4 is 0 Å². The summed E-state index contributed by atoms with van der Waals surface area (Å²) in [5.74, 6) is 0. The summed E-state index contributed by atoms with van der Waals surface area (Å²) in [5.41, 5.74) is -0.308. The van der Waals surface area contributed by atoms with Crippen LogP contribution in [0.25, 0.3) is 0 Å². The normalized spacial score (nSPS) is 29.5. The second-order valence-corrected chi connectivity index (χ2v) is 6.33. The molecule has 1 saturated carbocycles. The molecule has 1 fully saturated rings. The van der Waals surface area contributed by atoms with Crippen LogP contribution in [0.15, 0.2) is 0 Å². The molecular weight excluding hydrogens is 234 g/mol. The van der Waals surface area contributed by atoms with Crippen LogP contribution in [0.2, 0.25) is 0 Å². The van der Waals surface area contributed by atoms with Gasteiger partial charge in [0.05, 0.1) is 6.07 Å². The van der Waals surface area contributed by atoms with Gasteiger partial charge in [0, 0.05) is 18.1 Å². The van der Waals surface area contributed by atoms with Crippen LogP contribution in [0.5, 0.6) is 0 Å². The lowest BCUT2D eigenvalue weighted by molar-refractivity contribution is 0.0867. The minimum Gasteiger partial charge on any atom is -0.298 e. The average molecular weight is 265 g/mol. The summed E-state index contributed by atoms with van der Waals surface area (Å²) in [4.78, 5) is 2.59. The van der Waals surface area contributed by atoms with Crippen LogP contribution < -0.4 is 5.32 Å². The van der Waals surface area contributed by atoms with Gasteiger partial charge in [-0.25, -0.2) is 0 Å². The van der Waals surface area contributed by atoms with Gasteiger partial charge in [0.25, 0.3) is 0 Å². The van der Waals surface area contributed by atoms with Crippen molar-refractivity contribution in [3.63, 3.8) is 0 Å². The Hall–Kier alpha value is -0.590. The summed E-state index contributed by atoms with van der Waals surface area (Å²) in [5, 5.41) is 13.2. The molecule has 1 N–H and O–H groups in total. The highest BCUT2D eigenvalue weighted by atomic mass is 15.2. The van der Waals surface area contributed by atoms with Gasteiger partial charge in [0.2, 0.25) is 0 Å². The molecule has 0 amide bonds. The highest BCUT2D eigenvalue weighted by Gasteiger charge is 2.39. The van der Waals surface area contributed by atoms with Crippen molar-refractivity contribution in [2.24, 2.45) is 0 Å². The predicted octanol–water partition coefficient (Wildman–Crippen LogP) is 3.31. The molecule has 0 aliphatic heterocycles. The maximum Gasteiger partial charge on any atom is 0.108 e. The van der Waals surface area contributed by atoms with Crippen molar-refractivity contribution in [1.82, 2.24) is 10.2 Å². The molecule has 1 aliphatic carbocycles. The van der Waals surface area contributed by atoms with Gasteiger partial charge in [-0.15, -0.1) is 0 Å². The third-order valence-electron chi connectivity index (χ3n) is 4.50. The summed E-state index contributed by atoms with van der Waals surface area (Å²) in [6, 6.07) is 4.12. The van der Waals surface area contributed by atoms with Crippen LogP contribution in [0.1, 0.15) is 66.7 Å². The first kappa shape index (κ1) is 16.5. The fourth-order valence-electron chi connectivity index (χ4n) is 3.51. The first-order chi connectivity index (χ1) is 8.98. The first-order valence-corrected chi connectivity index (χ1v) is 7.92. The lowest BCUT2D eigenvalue weighted by Gasteiger charge is -2.44. The second kappa shape index (κ2) is 7.26. The van der Waals surface area contributed by atoms with Gasteiger partial charge >= 0.3 is 0 Å². The van der Waals surface area contributed by atoms with E-state index in [1.807, 2.05) is 0 Å². The van der Waals surface area contributed by atoms with Gasteiger partial charge in [0.15, 0.2) is 0 Å². The quantitative estimate of drug-likeness (QED) is 0.801. The molecule has 19 heavy (non-hydrogen) atoms. The summed E-state index contributed by atoms with van der Waals surface area (Å²) >= 11 is 0. The van der Waals surface area contributed by atoms with E-state index in [-0.39, 0.29) is 5.54 Å². The molecule has 1 aliphatic rings. The van der Waals surface area contributed by atoms with Gasteiger partial charge in [-0.3, -0.25) is 10.2 Å². The Labute approximate surface area is 119 Å². The van der Waals surface area contributed by atoms with Gasteiger partial charge in [-0.05, 0) is 59.4 Å². The van der Waals surface area contributed by atoms with E-state index in [0.29, 0.717) is 18.1 Å². The van der Waals surface area contributed by atoms with Gasteiger partial charge < -0.3 is 0 Å². The number of rotatable bonds is 6. The van der Waals surface area contributed by atoms with E-state index < -0.39 is 0 Å². The van der Waals surface area contributed by atoms with Crippen molar-refractivity contribution < 1.29 is 0 Å². The van der Waals surface area contributed by atoms with Crippen LogP contribution in [0.3, 0.4) is 0 Å². The van der Waals surface area contributed by atoms with Crippen molar-refractivity contribution in [1.29, 1.82) is 5.26 Å². The zero-order chi connectivity index (χ0) is 14.5. The van der Waals surface area contributed by atoms with E-state index in [4.69, 9.17) is 0 Å². The minimum absolute atomic E-state index is 0.308. The smallest absolute Gasteiger partial charge is 0.108 e. The number of nitrogens with one attached hydrogen (secondary N) is 1. The molecule has 0 radical (unpaired) electrons. The average Bonchev–Trinajstić information content (AvgIpc) is 2.39. The van der Waals surface area contributed by atoms with Crippen LogP contribution >= 0.6 is 0 Å². The lowest BCUT2D eigenvalue weighted by atomic mass is 9.78. The second-order valence-electron chi connectivity index (χ2n) is 6.33. The summed E-state index contributed by atoms with van der Waals surface area (Å²) in [7, 11) is 0. The molecule has 0 aromatic heterocycles. The minimum atomic E-state index is -0.308. The molecule has 0 heterocycles. The number of hydrogen-bond donors (Lipinski definition) is 1. The molecule has 0 bridgehead atoms. The molecule has 0 aromatic carbocycles. The molecule has 1 rings (SSSR count). The third kappa shape index (κ3) is 4.19. The number of hydrogen-bond acceptors (Lipinski definition) is 3. The number of nitrogens with zero attached hydrogens (tertiary/aromatic N) is 2. The fourth-order valence-corrected chi connectivity index (χ4v) is 3.51. The molecule has 0 aromatic rings. The first-order valence-electron chi connectivity index (χ1n) is 7.92. The Kier molecular flexibility index (Phi) is 6.29. The lowest BCUT2D eigenvalue weighted by Crippen LogP contribution is -2.55. The Morgan fingerprint density at radius 2 is 2.05 bits per heavy atom. The Morgan fingerprint density at radius 1 is 1.37 bits per heavy atom. The standard InChI is InChI=1S/C16H31N3/c1-6-14(5)19(7-2)15-9-8-10-16(11-15,12-17)18-13(3)4/h13-15,18H,6-11H2,1-5H3. The monoisotopic (exact) mass is 265 g/mol. The van der Waals surface area contributed by atoms with Crippen LogP contribution in [-0.2, 0) is 0 Å². The molecule has 3 atom stereocenters. The van der Waals surface area contributed by atoms with Crippen LogP contribution in [-0.4, -0.2) is 35.1 Å². The van der Waals surface area contributed by atoms with Crippen molar-refractivity contribution in [2.75, 3.05) is 6.54 Å². The van der Waals surface area contributed by atoms with Crippen molar-refractivity contribution in [3.05, 3.63) is 0 Å². The molecule has 3 heteroatoms. The van der Waals surface area contributed by atoms with E-state index in [0.717, 1.165) is 25.8 Å². The van der Waals surface area contributed by atoms with Crippen LogP contribution in [0.4, 0.5) is 0 Å². The highest BCUT2D eigenvalue weighted by Crippen LogP contribution is 2.32. The van der Waals surface area contributed by atoms with E-state index >= 15 is 0 Å². The van der Waals surface area contributed by atoms with Crippen LogP contribution in [0, 0.1) is 11.3 Å². The van der Waals surface area contributed by atoms with E-state index in [9.17, 15) is 5.26 Å². The highest BCUT2D eigenvalue weighted by molar-refractivity contribution is 5.11. The summed E-state index contributed by atoms with van der Waals surface area (Å²) < 4.78 is 0. The Balaban J connectivity index is 2.79. The molecule has 110 valence electrons. The molecular formula is C16H31N3. The Morgan fingerprint density at radius 3 is 2.53 bits per heavy atom. The summed E-state index contributed by atoms with van der Waals surface area (Å²) in [6.45, 7) is 12.2. The van der Waals surface area contributed by atoms with Crippen molar-refractivity contribution in [3.8, 4) is 6.07 Å². The van der Waals surface area contributed by atoms with Gasteiger partial charge in [-0.2, -0.15) is 5.26 Å². The predicted molar refractivity (Wildman–Crippen MR) is 81.0 cm³/mol. The van der Waals surface area contributed by atoms with E-state index in [1.54, 1.807) is 0 Å². The third-order valence-corrected chi connectivity index (χ3v) is 4.50. The Bertz CT molecular complexity index is 308. The molecule has 0 spiro atoms. The summed E-state index contributed by atoms with van der Waals surface area (Å²) in [6.07, 6.45) is 5.55. The molecule has 3 unspecified atom stereocenters.